The number of anilines is 1. The molecule has 0 atom stereocenters. The Morgan fingerprint density at radius 3 is 2.23 bits per heavy atom. The first-order chi connectivity index (χ1) is 10.5. The predicted molar refractivity (Wildman–Crippen MR) is 81.6 cm³/mol. The van der Waals surface area contributed by atoms with Crippen molar-refractivity contribution < 1.29 is 17.2 Å². The van der Waals surface area contributed by atoms with Gasteiger partial charge in [0.05, 0.1) is 5.69 Å². The highest BCUT2D eigenvalue weighted by Gasteiger charge is 2.30. The molecule has 0 amide bonds. The summed E-state index contributed by atoms with van der Waals surface area (Å²) in [6.45, 7) is 1.29. The molecule has 0 bridgehead atoms. The molecule has 0 unspecified atom stereocenters. The Hall–Kier alpha value is -1.51. The lowest BCUT2D eigenvalue weighted by Crippen LogP contribution is -2.48. The van der Waals surface area contributed by atoms with E-state index in [0.717, 1.165) is 6.07 Å². The highest BCUT2D eigenvalue weighted by atomic mass is 32.2. The van der Waals surface area contributed by atoms with Gasteiger partial charge in [0.15, 0.2) is 5.13 Å². The van der Waals surface area contributed by atoms with Crippen LogP contribution in [0.2, 0.25) is 0 Å². The van der Waals surface area contributed by atoms with E-state index in [2.05, 4.69) is 0 Å². The van der Waals surface area contributed by atoms with Gasteiger partial charge in [-0.15, -0.1) is 0 Å². The van der Waals surface area contributed by atoms with Crippen LogP contribution < -0.4 is 4.90 Å². The zero-order valence-electron chi connectivity index (χ0n) is 11.6. The van der Waals surface area contributed by atoms with Crippen molar-refractivity contribution in [1.29, 1.82) is 0 Å². The molecule has 1 aromatic carbocycles. The maximum Gasteiger partial charge on any atom is 0.252 e. The van der Waals surface area contributed by atoms with Crippen molar-refractivity contribution in [2.45, 2.75) is 4.21 Å². The van der Waals surface area contributed by atoms with Crippen LogP contribution in [-0.2, 0) is 10.0 Å². The van der Waals surface area contributed by atoms with Crippen molar-refractivity contribution in [1.82, 2.24) is 4.31 Å². The maximum atomic E-state index is 13.8. The minimum atomic E-state index is -3.67. The third-order valence-electron chi connectivity index (χ3n) is 3.57. The number of rotatable bonds is 3. The summed E-state index contributed by atoms with van der Waals surface area (Å²) in [5, 5.41) is -0.524. The molecule has 1 aromatic heterocycles. The summed E-state index contributed by atoms with van der Waals surface area (Å²) >= 11 is 0.618. The maximum absolute atomic E-state index is 13.8. The molecule has 1 aliphatic heterocycles. The number of halogens is 2. The zero-order valence-corrected chi connectivity index (χ0v) is 13.2. The zero-order chi connectivity index (χ0) is 15.7. The number of para-hydroxylation sites is 1. The van der Waals surface area contributed by atoms with E-state index in [1.54, 1.807) is 18.2 Å². The molecule has 1 saturated heterocycles. The van der Waals surface area contributed by atoms with Gasteiger partial charge in [0.1, 0.15) is 10.0 Å². The van der Waals surface area contributed by atoms with Crippen molar-refractivity contribution >= 4 is 27.0 Å². The first-order valence-electron chi connectivity index (χ1n) is 6.73. The molecule has 0 N–H and O–H groups in total. The van der Waals surface area contributed by atoms with E-state index in [1.807, 2.05) is 4.90 Å². The van der Waals surface area contributed by atoms with Gasteiger partial charge in [-0.25, -0.2) is 12.8 Å². The molecule has 8 heteroatoms. The molecular weight excluding hydrogens is 330 g/mol. The van der Waals surface area contributed by atoms with Gasteiger partial charge in [-0.2, -0.15) is 8.70 Å². The number of thiophene rings is 1. The quantitative estimate of drug-likeness (QED) is 0.859. The van der Waals surface area contributed by atoms with Gasteiger partial charge >= 0.3 is 0 Å². The van der Waals surface area contributed by atoms with Crippen LogP contribution in [0.3, 0.4) is 0 Å². The minimum absolute atomic E-state index is 0.00402. The van der Waals surface area contributed by atoms with Crippen LogP contribution in [0.15, 0.2) is 40.6 Å². The summed E-state index contributed by atoms with van der Waals surface area (Å²) in [6.07, 6.45) is 0. The van der Waals surface area contributed by atoms with Crippen molar-refractivity contribution in [3.8, 4) is 0 Å². The van der Waals surface area contributed by atoms with Crippen molar-refractivity contribution in [3.63, 3.8) is 0 Å². The van der Waals surface area contributed by atoms with Gasteiger partial charge in [-0.1, -0.05) is 23.5 Å². The summed E-state index contributed by atoms with van der Waals surface area (Å²) in [7, 11) is -3.67. The third kappa shape index (κ3) is 2.86. The second kappa shape index (κ2) is 5.94. The van der Waals surface area contributed by atoms with Crippen molar-refractivity contribution in [2.24, 2.45) is 0 Å². The van der Waals surface area contributed by atoms with Crippen LogP contribution in [0.4, 0.5) is 14.5 Å². The summed E-state index contributed by atoms with van der Waals surface area (Å²) in [5.41, 5.74) is 0.474. The Morgan fingerprint density at radius 2 is 1.64 bits per heavy atom. The number of nitrogens with zero attached hydrogens (tertiary/aromatic N) is 2. The molecule has 0 aliphatic carbocycles. The molecule has 0 radical (unpaired) electrons. The van der Waals surface area contributed by atoms with Gasteiger partial charge in [-0.05, 0) is 24.3 Å². The number of hydrogen-bond donors (Lipinski definition) is 0. The molecule has 4 nitrogen and oxygen atoms in total. The molecule has 3 rings (SSSR count). The number of sulfonamides is 1. The van der Waals surface area contributed by atoms with Crippen LogP contribution in [0.1, 0.15) is 0 Å². The van der Waals surface area contributed by atoms with Crippen LogP contribution in [0.5, 0.6) is 0 Å². The fourth-order valence-corrected chi connectivity index (χ4v) is 5.02. The van der Waals surface area contributed by atoms with E-state index in [4.69, 9.17) is 0 Å². The monoisotopic (exact) mass is 344 g/mol. The Bertz CT molecular complexity index is 769. The van der Waals surface area contributed by atoms with Crippen LogP contribution >= 0.6 is 11.3 Å². The van der Waals surface area contributed by atoms with Gasteiger partial charge in [0.2, 0.25) is 0 Å². The van der Waals surface area contributed by atoms with E-state index in [1.165, 1.54) is 16.4 Å². The molecule has 2 heterocycles. The lowest BCUT2D eigenvalue weighted by atomic mass is 10.2. The van der Waals surface area contributed by atoms with E-state index in [9.17, 15) is 17.2 Å². The number of piperazine rings is 1. The lowest BCUT2D eigenvalue weighted by Gasteiger charge is -2.35. The average molecular weight is 344 g/mol. The van der Waals surface area contributed by atoms with E-state index in [0.29, 0.717) is 30.1 Å². The van der Waals surface area contributed by atoms with E-state index >= 15 is 0 Å². The molecule has 22 heavy (non-hydrogen) atoms. The third-order valence-corrected chi connectivity index (χ3v) is 6.81. The second-order valence-corrected chi connectivity index (χ2v) is 8.10. The molecular formula is C14H14F2N2O2S2. The Balaban J connectivity index is 1.73. The standard InChI is InChI=1S/C14H14F2N2O2S2/c15-11-3-1-2-4-12(11)17-7-9-18(10-8-17)22(19,20)14-6-5-13(16)21-14/h1-6H,7-10H2. The smallest absolute Gasteiger partial charge is 0.252 e. The van der Waals surface area contributed by atoms with Crippen LogP contribution in [-0.4, -0.2) is 38.9 Å². The highest BCUT2D eigenvalue weighted by Crippen LogP contribution is 2.26. The summed E-state index contributed by atoms with van der Waals surface area (Å²) in [4.78, 5) is 1.82. The first-order valence-corrected chi connectivity index (χ1v) is 8.99. The van der Waals surface area contributed by atoms with Gasteiger partial charge in [0.25, 0.3) is 10.0 Å². The molecule has 118 valence electrons. The van der Waals surface area contributed by atoms with Crippen LogP contribution in [0.25, 0.3) is 0 Å². The minimum Gasteiger partial charge on any atom is -0.367 e. The average Bonchev–Trinajstić information content (AvgIpc) is 2.95. The molecule has 2 aromatic rings. The van der Waals surface area contributed by atoms with Crippen molar-refractivity contribution in [2.75, 3.05) is 31.1 Å². The van der Waals surface area contributed by atoms with Gasteiger partial charge in [0, 0.05) is 26.2 Å². The largest absolute Gasteiger partial charge is 0.367 e. The highest BCUT2D eigenvalue weighted by molar-refractivity contribution is 7.91. The summed E-state index contributed by atoms with van der Waals surface area (Å²) in [6, 6.07) is 8.84. The lowest BCUT2D eigenvalue weighted by molar-refractivity contribution is 0.384. The molecule has 1 fully saturated rings. The topological polar surface area (TPSA) is 40.6 Å². The summed E-state index contributed by atoms with van der Waals surface area (Å²) < 4.78 is 52.9. The Kier molecular flexibility index (Phi) is 4.16. The Labute approximate surface area is 131 Å². The number of benzene rings is 1. The fourth-order valence-electron chi connectivity index (χ4n) is 2.44. The SMILES string of the molecule is O=S(=O)(c1ccc(F)s1)N1CCN(c2ccccc2F)CC1. The molecule has 0 saturated carbocycles. The van der Waals surface area contributed by atoms with E-state index in [-0.39, 0.29) is 23.1 Å². The Morgan fingerprint density at radius 1 is 0.955 bits per heavy atom. The first kappa shape index (κ1) is 15.4. The van der Waals surface area contributed by atoms with E-state index < -0.39 is 15.2 Å². The summed E-state index contributed by atoms with van der Waals surface area (Å²) in [5.74, 6) is -0.320. The van der Waals surface area contributed by atoms with Crippen LogP contribution in [0, 0.1) is 10.9 Å². The predicted octanol–water partition coefficient (Wildman–Crippen LogP) is 2.54. The molecule has 1 aliphatic rings. The van der Waals surface area contributed by atoms with Gasteiger partial charge < -0.3 is 4.90 Å². The normalized spacial score (nSPS) is 16.9. The second-order valence-electron chi connectivity index (χ2n) is 4.90. The molecule has 0 spiro atoms. The van der Waals surface area contributed by atoms with Crippen molar-refractivity contribution in [3.05, 3.63) is 47.3 Å². The van der Waals surface area contributed by atoms with Gasteiger partial charge in [-0.3, -0.25) is 0 Å². The fraction of sp³-hybridized carbons (Fsp3) is 0.286. The number of hydrogen-bond acceptors (Lipinski definition) is 4.